The molecule has 2 heterocycles. The fraction of sp³-hybridized carbons (Fsp3) is 0.545. The Morgan fingerprint density at radius 2 is 1.73 bits per heavy atom. The third kappa shape index (κ3) is 4.03. The predicted molar refractivity (Wildman–Crippen MR) is 118 cm³/mol. The van der Waals surface area contributed by atoms with Crippen molar-refractivity contribution in [1.29, 1.82) is 0 Å². The van der Waals surface area contributed by atoms with E-state index in [9.17, 15) is 18.0 Å². The molecule has 2 aromatic rings. The number of amides is 1. The molecule has 2 atom stereocenters. The van der Waals surface area contributed by atoms with Crippen LogP contribution >= 0.6 is 0 Å². The van der Waals surface area contributed by atoms with Crippen molar-refractivity contribution in [2.24, 2.45) is 18.9 Å². The molecule has 0 N–H and O–H groups in total. The highest BCUT2D eigenvalue weighted by atomic mass is 32.2. The van der Waals surface area contributed by atoms with Gasteiger partial charge in [-0.2, -0.15) is 4.31 Å². The molecule has 164 valence electrons. The molecule has 1 aliphatic rings. The number of benzene rings is 1. The van der Waals surface area contributed by atoms with Crippen LogP contribution in [0.15, 0.2) is 34.1 Å². The Balaban J connectivity index is 2.11. The molecule has 1 aliphatic heterocycles. The van der Waals surface area contributed by atoms with Crippen molar-refractivity contribution in [3.8, 4) is 0 Å². The summed E-state index contributed by atoms with van der Waals surface area (Å²) in [5.41, 5.74) is 0.259. The van der Waals surface area contributed by atoms with E-state index < -0.39 is 15.5 Å². The molecule has 30 heavy (non-hydrogen) atoms. The van der Waals surface area contributed by atoms with Crippen LogP contribution in [0.25, 0.3) is 10.9 Å². The predicted octanol–water partition coefficient (Wildman–Crippen LogP) is 2.69. The monoisotopic (exact) mass is 433 g/mol. The Hall–Kier alpha value is -2.19. The lowest BCUT2D eigenvalue weighted by Gasteiger charge is -2.35. The van der Waals surface area contributed by atoms with Crippen LogP contribution in [0, 0.1) is 11.8 Å². The summed E-state index contributed by atoms with van der Waals surface area (Å²) < 4.78 is 28.9. The zero-order chi connectivity index (χ0) is 22.2. The van der Waals surface area contributed by atoms with Crippen LogP contribution in [0.2, 0.25) is 0 Å². The van der Waals surface area contributed by atoms with Gasteiger partial charge >= 0.3 is 0 Å². The Morgan fingerprint density at radius 1 is 1.13 bits per heavy atom. The van der Waals surface area contributed by atoms with E-state index in [0.717, 1.165) is 6.42 Å². The second kappa shape index (κ2) is 8.51. The number of piperidine rings is 1. The van der Waals surface area contributed by atoms with Crippen molar-refractivity contribution in [2.45, 2.75) is 39.0 Å². The molecule has 0 bridgehead atoms. The highest BCUT2D eigenvalue weighted by molar-refractivity contribution is 7.89. The van der Waals surface area contributed by atoms with Gasteiger partial charge in [0.15, 0.2) is 0 Å². The van der Waals surface area contributed by atoms with Gasteiger partial charge in [-0.1, -0.05) is 27.7 Å². The SMILES string of the molecule is CCN(CC)S(=O)(=O)c1ccc2c(c1)c(=O)c(C(=O)N1C[C@H](C)C[C@@H](C)C1)cn2C. The third-order valence-corrected chi connectivity index (χ3v) is 7.94. The largest absolute Gasteiger partial charge is 0.350 e. The minimum Gasteiger partial charge on any atom is -0.350 e. The summed E-state index contributed by atoms with van der Waals surface area (Å²) in [6, 6.07) is 4.56. The Kier molecular flexibility index (Phi) is 6.38. The maximum Gasteiger partial charge on any atom is 0.259 e. The minimum atomic E-state index is -3.70. The van der Waals surface area contributed by atoms with Gasteiger partial charge in [0.1, 0.15) is 5.56 Å². The quantitative estimate of drug-likeness (QED) is 0.726. The molecule has 0 saturated carbocycles. The molecular weight excluding hydrogens is 402 g/mol. The maximum absolute atomic E-state index is 13.2. The first-order chi connectivity index (χ1) is 14.1. The van der Waals surface area contributed by atoms with Crippen molar-refractivity contribution in [3.63, 3.8) is 0 Å². The standard InChI is InChI=1S/C22H31N3O4S/c1-6-25(7-2)30(28,29)17-8-9-20-18(11-17)21(26)19(14-23(20)5)22(27)24-12-15(3)10-16(4)13-24/h8-9,11,14-16H,6-7,10,12-13H2,1-5H3/t15-,16-/m1/s1. The number of fused-ring (bicyclic) bond motifs is 1. The summed E-state index contributed by atoms with van der Waals surface area (Å²) in [6.07, 6.45) is 2.63. The zero-order valence-electron chi connectivity index (χ0n) is 18.4. The molecule has 1 fully saturated rings. The van der Waals surface area contributed by atoms with E-state index in [4.69, 9.17) is 0 Å². The van der Waals surface area contributed by atoms with E-state index in [1.54, 1.807) is 42.6 Å². The lowest BCUT2D eigenvalue weighted by Crippen LogP contribution is -2.44. The summed E-state index contributed by atoms with van der Waals surface area (Å²) in [5, 5.41) is 0.245. The molecule has 8 heteroatoms. The number of carbonyl (C=O) groups is 1. The Bertz CT molecular complexity index is 1110. The maximum atomic E-state index is 13.2. The number of sulfonamides is 1. The van der Waals surface area contributed by atoms with E-state index in [1.807, 2.05) is 0 Å². The first kappa shape index (κ1) is 22.5. The molecule has 1 aromatic carbocycles. The molecular formula is C22H31N3O4S. The van der Waals surface area contributed by atoms with Gasteiger partial charge in [-0.3, -0.25) is 9.59 Å². The van der Waals surface area contributed by atoms with Gasteiger partial charge in [0.2, 0.25) is 15.5 Å². The second-order valence-electron chi connectivity index (χ2n) is 8.41. The van der Waals surface area contributed by atoms with Crippen molar-refractivity contribution < 1.29 is 13.2 Å². The highest BCUT2D eigenvalue weighted by Crippen LogP contribution is 2.24. The Morgan fingerprint density at radius 3 is 2.30 bits per heavy atom. The van der Waals surface area contributed by atoms with Crippen LogP contribution in [0.5, 0.6) is 0 Å². The Labute approximate surface area is 178 Å². The van der Waals surface area contributed by atoms with Gasteiger partial charge in [0, 0.05) is 44.8 Å². The first-order valence-electron chi connectivity index (χ1n) is 10.5. The smallest absolute Gasteiger partial charge is 0.259 e. The van der Waals surface area contributed by atoms with Crippen molar-refractivity contribution in [1.82, 2.24) is 13.8 Å². The fourth-order valence-electron chi connectivity index (χ4n) is 4.50. The van der Waals surface area contributed by atoms with Crippen molar-refractivity contribution in [3.05, 3.63) is 40.2 Å². The van der Waals surface area contributed by atoms with Crippen molar-refractivity contribution >= 4 is 26.8 Å². The number of likely N-dealkylation sites (tertiary alicyclic amines) is 1. The fourth-order valence-corrected chi connectivity index (χ4v) is 5.98. The van der Waals surface area contributed by atoms with E-state index in [-0.39, 0.29) is 21.8 Å². The molecule has 3 rings (SSSR count). The molecule has 0 spiro atoms. The van der Waals surface area contributed by atoms with E-state index >= 15 is 0 Å². The average Bonchev–Trinajstić information content (AvgIpc) is 2.69. The normalized spacial score (nSPS) is 20.1. The van der Waals surface area contributed by atoms with E-state index in [1.165, 1.54) is 16.4 Å². The molecule has 1 amide bonds. The number of aromatic nitrogens is 1. The zero-order valence-corrected chi connectivity index (χ0v) is 19.2. The van der Waals surface area contributed by atoms with Gasteiger partial charge in [-0.05, 0) is 36.5 Å². The van der Waals surface area contributed by atoms with E-state index in [0.29, 0.717) is 43.5 Å². The highest BCUT2D eigenvalue weighted by Gasteiger charge is 2.29. The van der Waals surface area contributed by atoms with Crippen molar-refractivity contribution in [2.75, 3.05) is 26.2 Å². The van der Waals surface area contributed by atoms with Crippen LogP contribution in [0.3, 0.4) is 0 Å². The van der Waals surface area contributed by atoms with Crippen LogP contribution in [-0.4, -0.2) is 54.3 Å². The molecule has 0 radical (unpaired) electrons. The lowest BCUT2D eigenvalue weighted by atomic mass is 9.91. The van der Waals surface area contributed by atoms with Gasteiger partial charge in [0.25, 0.3) is 5.91 Å². The summed E-state index contributed by atoms with van der Waals surface area (Å²) in [5.74, 6) is 0.480. The van der Waals surface area contributed by atoms with Crippen LogP contribution < -0.4 is 5.43 Å². The number of rotatable bonds is 5. The minimum absolute atomic E-state index is 0.0700. The second-order valence-corrected chi connectivity index (χ2v) is 10.3. The molecule has 0 unspecified atom stereocenters. The number of nitrogens with zero attached hydrogens (tertiary/aromatic N) is 3. The molecule has 1 aromatic heterocycles. The van der Waals surface area contributed by atoms with Gasteiger partial charge in [-0.15, -0.1) is 0 Å². The van der Waals surface area contributed by atoms with Gasteiger partial charge < -0.3 is 9.47 Å². The van der Waals surface area contributed by atoms with Crippen LogP contribution in [0.1, 0.15) is 44.5 Å². The number of aryl methyl sites for hydroxylation is 1. The first-order valence-corrected chi connectivity index (χ1v) is 12.0. The summed E-state index contributed by atoms with van der Waals surface area (Å²) in [7, 11) is -1.94. The van der Waals surface area contributed by atoms with Crippen LogP contribution in [0.4, 0.5) is 0 Å². The third-order valence-electron chi connectivity index (χ3n) is 5.89. The summed E-state index contributed by atoms with van der Waals surface area (Å²) in [4.78, 5) is 28.2. The molecule has 1 saturated heterocycles. The van der Waals surface area contributed by atoms with Gasteiger partial charge in [-0.25, -0.2) is 8.42 Å². The molecule has 0 aliphatic carbocycles. The number of hydrogen-bond donors (Lipinski definition) is 0. The van der Waals surface area contributed by atoms with Gasteiger partial charge in [0.05, 0.1) is 10.4 Å². The number of hydrogen-bond acceptors (Lipinski definition) is 4. The molecule has 7 nitrogen and oxygen atoms in total. The number of carbonyl (C=O) groups excluding carboxylic acids is 1. The van der Waals surface area contributed by atoms with E-state index in [2.05, 4.69) is 13.8 Å². The topological polar surface area (TPSA) is 79.7 Å². The van der Waals surface area contributed by atoms with Crippen LogP contribution in [-0.2, 0) is 17.1 Å². The number of pyridine rings is 1. The summed E-state index contributed by atoms with van der Waals surface area (Å²) >= 11 is 0. The average molecular weight is 434 g/mol. The summed E-state index contributed by atoms with van der Waals surface area (Å²) in [6.45, 7) is 9.72. The lowest BCUT2D eigenvalue weighted by molar-refractivity contribution is 0.0621.